The van der Waals surface area contributed by atoms with Crippen molar-refractivity contribution >= 4 is 15.9 Å². The molecule has 0 bridgehead atoms. The third kappa shape index (κ3) is 1.41. The topological polar surface area (TPSA) is 43.8 Å². The van der Waals surface area contributed by atoms with E-state index in [1.165, 1.54) is 18.5 Å². The van der Waals surface area contributed by atoms with Crippen LogP contribution in [0.2, 0.25) is 0 Å². The van der Waals surface area contributed by atoms with Gasteiger partial charge in [0.25, 0.3) is 0 Å². The van der Waals surface area contributed by atoms with Crippen LogP contribution in [0.3, 0.4) is 0 Å². The number of aryl methyl sites for hydroxylation is 1. The summed E-state index contributed by atoms with van der Waals surface area (Å²) < 4.78 is 3.28. The van der Waals surface area contributed by atoms with Crippen molar-refractivity contribution in [3.63, 3.8) is 0 Å². The van der Waals surface area contributed by atoms with Gasteiger partial charge in [0.05, 0.1) is 21.9 Å². The molecule has 78 valence electrons. The minimum atomic E-state index is 0.532. The van der Waals surface area contributed by atoms with E-state index in [1.807, 2.05) is 6.92 Å². The summed E-state index contributed by atoms with van der Waals surface area (Å²) in [7, 11) is 0. The van der Waals surface area contributed by atoms with Crippen LogP contribution in [0.15, 0.2) is 4.47 Å². The van der Waals surface area contributed by atoms with E-state index in [0.717, 1.165) is 16.7 Å². The molecule has 1 aliphatic rings. The zero-order valence-corrected chi connectivity index (χ0v) is 10.2. The van der Waals surface area contributed by atoms with Gasteiger partial charge in [0.1, 0.15) is 0 Å². The fourth-order valence-corrected chi connectivity index (χ4v) is 2.38. The maximum Gasteiger partial charge on any atom is 0.0738 e. The van der Waals surface area contributed by atoms with Gasteiger partial charge in [-0.2, -0.15) is 5.10 Å². The van der Waals surface area contributed by atoms with Gasteiger partial charge in [-0.25, -0.2) is 0 Å². The maximum atomic E-state index is 5.70. The van der Waals surface area contributed by atoms with Crippen LogP contribution in [0.4, 0.5) is 0 Å². The molecule has 1 saturated carbocycles. The molecule has 14 heavy (non-hydrogen) atoms. The van der Waals surface area contributed by atoms with E-state index >= 15 is 0 Å². The first-order chi connectivity index (χ1) is 6.65. The summed E-state index contributed by atoms with van der Waals surface area (Å²) in [5.74, 6) is 0.625. The van der Waals surface area contributed by atoms with Crippen LogP contribution in [0.25, 0.3) is 0 Å². The molecule has 0 aliphatic heterocycles. The first kappa shape index (κ1) is 10.2. The smallest absolute Gasteiger partial charge is 0.0738 e. The Labute approximate surface area is 92.8 Å². The molecule has 4 heteroatoms. The average Bonchev–Trinajstić information content (AvgIpc) is 2.33. The van der Waals surface area contributed by atoms with Gasteiger partial charge in [0, 0.05) is 0 Å². The molecule has 2 atom stereocenters. The molecular formula is C10H16BrN3. The Morgan fingerprint density at radius 2 is 2.21 bits per heavy atom. The van der Waals surface area contributed by atoms with Crippen molar-refractivity contribution in [2.75, 3.05) is 6.54 Å². The number of aromatic nitrogens is 2. The van der Waals surface area contributed by atoms with Crippen molar-refractivity contribution in [3.05, 3.63) is 15.9 Å². The second-order valence-electron chi connectivity index (χ2n) is 4.07. The summed E-state index contributed by atoms with van der Waals surface area (Å²) in [6.07, 6.45) is 2.47. The number of nitrogens with zero attached hydrogens (tertiary/aromatic N) is 2. The minimum absolute atomic E-state index is 0.532. The molecule has 1 heterocycles. The van der Waals surface area contributed by atoms with E-state index in [1.54, 1.807) is 0 Å². The highest BCUT2D eigenvalue weighted by molar-refractivity contribution is 9.10. The van der Waals surface area contributed by atoms with Crippen LogP contribution in [0.5, 0.6) is 0 Å². The SMILES string of the molecule is Cc1nn(C2CCC2CN)c(C)c1Br. The van der Waals surface area contributed by atoms with Gasteiger partial charge < -0.3 is 5.73 Å². The Kier molecular flexibility index (Phi) is 2.66. The monoisotopic (exact) mass is 257 g/mol. The number of hydrogen-bond donors (Lipinski definition) is 1. The molecule has 0 spiro atoms. The van der Waals surface area contributed by atoms with Gasteiger partial charge in [0.15, 0.2) is 0 Å². The number of rotatable bonds is 2. The first-order valence-electron chi connectivity index (χ1n) is 5.06. The van der Waals surface area contributed by atoms with Crippen LogP contribution < -0.4 is 5.73 Å². The lowest BCUT2D eigenvalue weighted by Crippen LogP contribution is -2.35. The van der Waals surface area contributed by atoms with E-state index in [9.17, 15) is 0 Å². The Balaban J connectivity index is 2.28. The van der Waals surface area contributed by atoms with Crippen molar-refractivity contribution in [1.82, 2.24) is 9.78 Å². The molecule has 2 N–H and O–H groups in total. The molecule has 0 saturated heterocycles. The molecule has 2 unspecified atom stereocenters. The lowest BCUT2D eigenvalue weighted by atomic mass is 9.79. The molecule has 1 aliphatic carbocycles. The molecular weight excluding hydrogens is 242 g/mol. The predicted molar refractivity (Wildman–Crippen MR) is 60.2 cm³/mol. The lowest BCUT2D eigenvalue weighted by molar-refractivity contribution is 0.171. The summed E-state index contributed by atoms with van der Waals surface area (Å²) in [5.41, 5.74) is 8.01. The second-order valence-corrected chi connectivity index (χ2v) is 4.86. The molecule has 1 fully saturated rings. The Hall–Kier alpha value is -0.350. The molecule has 1 aromatic heterocycles. The quantitative estimate of drug-likeness (QED) is 0.883. The van der Waals surface area contributed by atoms with E-state index < -0.39 is 0 Å². The molecule has 0 amide bonds. The van der Waals surface area contributed by atoms with Crippen molar-refractivity contribution in [2.24, 2.45) is 11.7 Å². The largest absolute Gasteiger partial charge is 0.330 e. The zero-order chi connectivity index (χ0) is 10.3. The molecule has 3 nitrogen and oxygen atoms in total. The van der Waals surface area contributed by atoms with Gasteiger partial charge in [-0.05, 0) is 55.1 Å². The van der Waals surface area contributed by atoms with Gasteiger partial charge in [-0.1, -0.05) is 0 Å². The fraction of sp³-hybridized carbons (Fsp3) is 0.700. The highest BCUT2D eigenvalue weighted by atomic mass is 79.9. The van der Waals surface area contributed by atoms with E-state index in [2.05, 4.69) is 32.6 Å². The second kappa shape index (κ2) is 3.66. The van der Waals surface area contributed by atoms with Gasteiger partial charge in [-0.3, -0.25) is 4.68 Å². The summed E-state index contributed by atoms with van der Waals surface area (Å²) >= 11 is 3.55. The van der Waals surface area contributed by atoms with Crippen LogP contribution in [0.1, 0.15) is 30.3 Å². The Morgan fingerprint density at radius 3 is 2.57 bits per heavy atom. The van der Waals surface area contributed by atoms with Crippen LogP contribution in [-0.2, 0) is 0 Å². The van der Waals surface area contributed by atoms with Crippen LogP contribution >= 0.6 is 15.9 Å². The average molecular weight is 258 g/mol. The van der Waals surface area contributed by atoms with E-state index in [4.69, 9.17) is 5.73 Å². The molecule has 2 rings (SSSR count). The number of nitrogens with two attached hydrogens (primary N) is 1. The maximum absolute atomic E-state index is 5.70. The van der Waals surface area contributed by atoms with E-state index in [-0.39, 0.29) is 0 Å². The summed E-state index contributed by atoms with van der Waals surface area (Å²) in [6, 6.07) is 0.532. The molecule has 1 aromatic rings. The van der Waals surface area contributed by atoms with Crippen molar-refractivity contribution in [3.8, 4) is 0 Å². The van der Waals surface area contributed by atoms with Crippen molar-refractivity contribution < 1.29 is 0 Å². The first-order valence-corrected chi connectivity index (χ1v) is 5.85. The third-order valence-electron chi connectivity index (χ3n) is 3.23. The molecule has 0 radical (unpaired) electrons. The summed E-state index contributed by atoms with van der Waals surface area (Å²) in [5, 5.41) is 4.54. The van der Waals surface area contributed by atoms with Crippen LogP contribution in [0, 0.1) is 19.8 Å². The van der Waals surface area contributed by atoms with Crippen molar-refractivity contribution in [2.45, 2.75) is 32.7 Å². The standard InChI is InChI=1S/C10H16BrN3/c1-6-10(11)7(2)14(13-6)9-4-3-8(9)5-12/h8-9H,3-5,12H2,1-2H3. The lowest BCUT2D eigenvalue weighted by Gasteiger charge is -2.36. The highest BCUT2D eigenvalue weighted by Gasteiger charge is 2.33. The van der Waals surface area contributed by atoms with E-state index in [0.29, 0.717) is 12.0 Å². The zero-order valence-electron chi connectivity index (χ0n) is 8.63. The fourth-order valence-electron chi connectivity index (χ4n) is 2.11. The summed E-state index contributed by atoms with van der Waals surface area (Å²) in [4.78, 5) is 0. The third-order valence-corrected chi connectivity index (χ3v) is 4.38. The van der Waals surface area contributed by atoms with Gasteiger partial charge >= 0.3 is 0 Å². The number of halogens is 1. The summed E-state index contributed by atoms with van der Waals surface area (Å²) in [6.45, 7) is 4.92. The van der Waals surface area contributed by atoms with Gasteiger partial charge in [0.2, 0.25) is 0 Å². The normalized spacial score (nSPS) is 26.3. The van der Waals surface area contributed by atoms with Crippen LogP contribution in [-0.4, -0.2) is 16.3 Å². The minimum Gasteiger partial charge on any atom is -0.330 e. The number of hydrogen-bond acceptors (Lipinski definition) is 2. The molecule has 0 aromatic carbocycles. The van der Waals surface area contributed by atoms with Crippen molar-refractivity contribution in [1.29, 1.82) is 0 Å². The van der Waals surface area contributed by atoms with Gasteiger partial charge in [-0.15, -0.1) is 0 Å². The Morgan fingerprint density at radius 1 is 1.50 bits per heavy atom. The highest BCUT2D eigenvalue weighted by Crippen LogP contribution is 2.39. The Bertz CT molecular complexity index is 343. The predicted octanol–water partition coefficient (Wildman–Crippen LogP) is 2.17.